The Labute approximate surface area is 118 Å². The number of aliphatic carboxylic acids is 1. The third-order valence-corrected chi connectivity index (χ3v) is 4.80. The molecule has 1 aliphatic rings. The molecular weight excluding hydrogens is 286 g/mol. The highest BCUT2D eigenvalue weighted by atomic mass is 32.2. The lowest BCUT2D eigenvalue weighted by Crippen LogP contribution is -2.44. The number of carbonyl (C=O) groups is 2. The molecule has 1 rings (SSSR count). The number of ether oxygens (including phenoxy) is 1. The second-order valence-electron chi connectivity index (χ2n) is 5.99. The van der Waals surface area contributed by atoms with Crippen molar-refractivity contribution >= 4 is 21.9 Å². The predicted molar refractivity (Wildman–Crippen MR) is 72.1 cm³/mol. The largest absolute Gasteiger partial charge is 0.481 e. The highest BCUT2D eigenvalue weighted by Gasteiger charge is 2.37. The molecule has 0 aromatic heterocycles. The lowest BCUT2D eigenvalue weighted by atomic mass is 9.91. The monoisotopic (exact) mass is 307 g/mol. The minimum absolute atomic E-state index is 0.0227. The zero-order valence-electron chi connectivity index (χ0n) is 11.9. The molecule has 8 heteroatoms. The molecule has 2 N–H and O–H groups in total. The maximum atomic E-state index is 11.6. The van der Waals surface area contributed by atoms with E-state index in [9.17, 15) is 18.0 Å². The molecule has 1 saturated heterocycles. The first kappa shape index (κ1) is 16.7. The van der Waals surface area contributed by atoms with E-state index in [-0.39, 0.29) is 24.5 Å². The molecule has 0 aromatic rings. The third-order valence-electron chi connectivity index (χ3n) is 3.00. The predicted octanol–water partition coefficient (Wildman–Crippen LogP) is 0.647. The first-order valence-corrected chi connectivity index (χ1v) is 8.22. The topological polar surface area (TPSA) is 110 Å². The number of nitrogens with one attached hydrogen (secondary N) is 1. The fourth-order valence-electron chi connectivity index (χ4n) is 2.12. The van der Waals surface area contributed by atoms with Crippen molar-refractivity contribution < 1.29 is 27.9 Å². The van der Waals surface area contributed by atoms with Gasteiger partial charge in [0.05, 0.1) is 17.4 Å². The van der Waals surface area contributed by atoms with Gasteiger partial charge in [-0.25, -0.2) is 13.2 Å². The molecule has 0 radical (unpaired) electrons. The molecule has 0 spiro atoms. The molecule has 1 fully saturated rings. The molecular formula is C12H21NO6S. The molecule has 116 valence electrons. The molecule has 20 heavy (non-hydrogen) atoms. The van der Waals surface area contributed by atoms with E-state index in [4.69, 9.17) is 9.84 Å². The van der Waals surface area contributed by atoms with Gasteiger partial charge in [0.1, 0.15) is 5.60 Å². The van der Waals surface area contributed by atoms with Crippen LogP contribution in [-0.2, 0) is 19.4 Å². The van der Waals surface area contributed by atoms with Crippen LogP contribution in [0.3, 0.4) is 0 Å². The Balaban J connectivity index is 2.62. The van der Waals surface area contributed by atoms with E-state index in [0.29, 0.717) is 0 Å². The number of sulfone groups is 1. The van der Waals surface area contributed by atoms with Crippen molar-refractivity contribution in [1.82, 2.24) is 5.32 Å². The van der Waals surface area contributed by atoms with Crippen LogP contribution >= 0.6 is 0 Å². The third kappa shape index (κ3) is 5.36. The Kier molecular flexibility index (Phi) is 5.01. The second-order valence-corrected chi connectivity index (χ2v) is 8.22. The molecule has 1 heterocycles. The highest BCUT2D eigenvalue weighted by Crippen LogP contribution is 2.25. The summed E-state index contributed by atoms with van der Waals surface area (Å²) in [6.07, 6.45) is -0.595. The van der Waals surface area contributed by atoms with Crippen molar-refractivity contribution in [2.75, 3.05) is 18.1 Å². The van der Waals surface area contributed by atoms with Crippen LogP contribution in [0.15, 0.2) is 0 Å². The minimum Gasteiger partial charge on any atom is -0.481 e. The Morgan fingerprint density at radius 1 is 1.35 bits per heavy atom. The molecule has 0 aliphatic carbocycles. The van der Waals surface area contributed by atoms with E-state index in [1.54, 1.807) is 20.8 Å². The van der Waals surface area contributed by atoms with Gasteiger partial charge in [-0.3, -0.25) is 4.79 Å². The van der Waals surface area contributed by atoms with Crippen molar-refractivity contribution in [3.05, 3.63) is 0 Å². The average Bonchev–Trinajstić information content (AvgIpc) is 2.22. The maximum absolute atomic E-state index is 11.6. The Bertz CT molecular complexity index is 479. The molecule has 1 aliphatic heterocycles. The molecule has 7 nitrogen and oxygen atoms in total. The molecule has 1 amide bonds. The first-order valence-electron chi connectivity index (χ1n) is 6.40. The van der Waals surface area contributed by atoms with Gasteiger partial charge in [-0.05, 0) is 27.2 Å². The van der Waals surface area contributed by atoms with Crippen LogP contribution in [0.1, 0.15) is 27.2 Å². The molecule has 2 atom stereocenters. The van der Waals surface area contributed by atoms with E-state index in [1.807, 2.05) is 0 Å². The summed E-state index contributed by atoms with van der Waals surface area (Å²) in [5.74, 6) is -2.75. The van der Waals surface area contributed by atoms with Crippen LogP contribution in [0.4, 0.5) is 4.79 Å². The maximum Gasteiger partial charge on any atom is 0.407 e. The lowest BCUT2D eigenvalue weighted by molar-refractivity contribution is -0.143. The molecule has 0 aromatic carbocycles. The molecule has 0 saturated carbocycles. The minimum atomic E-state index is -3.24. The summed E-state index contributed by atoms with van der Waals surface area (Å²) >= 11 is 0. The van der Waals surface area contributed by atoms with Gasteiger partial charge in [-0.1, -0.05) is 0 Å². The van der Waals surface area contributed by atoms with Gasteiger partial charge < -0.3 is 15.2 Å². The lowest BCUT2D eigenvalue weighted by Gasteiger charge is -2.29. The van der Waals surface area contributed by atoms with Gasteiger partial charge in [-0.15, -0.1) is 0 Å². The quantitative estimate of drug-likeness (QED) is 0.792. The zero-order valence-corrected chi connectivity index (χ0v) is 12.7. The molecule has 0 bridgehead atoms. The summed E-state index contributed by atoms with van der Waals surface area (Å²) in [6.45, 7) is 5.10. The second kappa shape index (κ2) is 5.99. The van der Waals surface area contributed by atoms with Crippen molar-refractivity contribution in [2.45, 2.75) is 32.8 Å². The number of rotatable bonds is 3. The van der Waals surface area contributed by atoms with Crippen molar-refractivity contribution in [1.29, 1.82) is 0 Å². The summed E-state index contributed by atoms with van der Waals surface area (Å²) in [4.78, 5) is 22.6. The number of carboxylic acid groups (broad SMARTS) is 1. The van der Waals surface area contributed by atoms with E-state index < -0.39 is 39.3 Å². The molecule has 0 unspecified atom stereocenters. The van der Waals surface area contributed by atoms with E-state index in [0.717, 1.165) is 0 Å². The van der Waals surface area contributed by atoms with Gasteiger partial charge in [0.15, 0.2) is 9.84 Å². The van der Waals surface area contributed by atoms with Gasteiger partial charge in [0.2, 0.25) is 0 Å². The van der Waals surface area contributed by atoms with Crippen molar-refractivity contribution in [3.63, 3.8) is 0 Å². The van der Waals surface area contributed by atoms with Gasteiger partial charge >= 0.3 is 12.1 Å². The highest BCUT2D eigenvalue weighted by molar-refractivity contribution is 7.91. The number of carbonyl (C=O) groups excluding carboxylic acids is 1. The average molecular weight is 307 g/mol. The zero-order chi connectivity index (χ0) is 15.6. The van der Waals surface area contributed by atoms with Crippen molar-refractivity contribution in [3.8, 4) is 0 Å². The van der Waals surface area contributed by atoms with Crippen molar-refractivity contribution in [2.24, 2.45) is 11.8 Å². The standard InChI is InChI=1S/C12H21NO6S/c1-12(2,3)19-11(16)13-6-8-7-20(17,18)5-4-9(8)10(14)15/h8-9H,4-7H2,1-3H3,(H,13,16)(H,14,15)/t8-,9+/m1/s1. The number of amides is 1. The summed E-state index contributed by atoms with van der Waals surface area (Å²) in [7, 11) is -3.24. The normalized spacial score (nSPS) is 25.8. The van der Waals surface area contributed by atoms with Crippen LogP contribution in [-0.4, -0.2) is 49.2 Å². The smallest absolute Gasteiger partial charge is 0.407 e. The van der Waals surface area contributed by atoms with E-state index in [2.05, 4.69) is 5.32 Å². The van der Waals surface area contributed by atoms with Gasteiger partial charge in [-0.2, -0.15) is 0 Å². The van der Waals surface area contributed by atoms with E-state index >= 15 is 0 Å². The Morgan fingerprint density at radius 3 is 2.45 bits per heavy atom. The SMILES string of the molecule is CC(C)(C)OC(=O)NC[C@@H]1CS(=O)(=O)CC[C@@H]1C(=O)O. The summed E-state index contributed by atoms with van der Waals surface area (Å²) in [6, 6.07) is 0. The van der Waals surface area contributed by atoms with Crippen LogP contribution in [0.25, 0.3) is 0 Å². The van der Waals surface area contributed by atoms with E-state index in [1.165, 1.54) is 0 Å². The van der Waals surface area contributed by atoms with Gasteiger partial charge in [0.25, 0.3) is 0 Å². The number of carboxylic acids is 1. The van der Waals surface area contributed by atoms with Gasteiger partial charge in [0, 0.05) is 12.5 Å². The Hall–Kier alpha value is -1.31. The number of hydrogen-bond acceptors (Lipinski definition) is 5. The fraction of sp³-hybridized carbons (Fsp3) is 0.833. The van der Waals surface area contributed by atoms with Crippen LogP contribution in [0.5, 0.6) is 0 Å². The summed E-state index contributed by atoms with van der Waals surface area (Å²) in [5, 5.41) is 11.5. The fourth-order valence-corrected chi connectivity index (χ4v) is 3.90. The van der Waals surface area contributed by atoms with Crippen LogP contribution in [0.2, 0.25) is 0 Å². The van der Waals surface area contributed by atoms with Crippen LogP contribution < -0.4 is 5.32 Å². The Morgan fingerprint density at radius 2 is 1.95 bits per heavy atom. The summed E-state index contributed by atoms with van der Waals surface area (Å²) in [5.41, 5.74) is -0.658. The number of alkyl carbamates (subject to hydrolysis) is 1. The summed E-state index contributed by atoms with van der Waals surface area (Å²) < 4.78 is 28.2. The van der Waals surface area contributed by atoms with Crippen LogP contribution in [0, 0.1) is 11.8 Å². The first-order chi connectivity index (χ1) is 9.00. The number of hydrogen-bond donors (Lipinski definition) is 2.